The largest absolute Gasteiger partial charge is 0.478 e. The van der Waals surface area contributed by atoms with E-state index in [1.807, 2.05) is 0 Å². The molecular weight excluding hydrogens is 280 g/mol. The van der Waals surface area contributed by atoms with Crippen LogP contribution in [0.25, 0.3) is 0 Å². The molecule has 0 fully saturated rings. The number of hydrogen-bond donors (Lipinski definition) is 3. The van der Waals surface area contributed by atoms with Crippen molar-refractivity contribution in [2.24, 2.45) is 0 Å². The van der Waals surface area contributed by atoms with E-state index in [2.05, 4.69) is 10.6 Å². The maximum absolute atomic E-state index is 11.7. The van der Waals surface area contributed by atoms with Crippen LogP contribution in [-0.4, -0.2) is 22.1 Å². The number of benzene rings is 1. The smallest absolute Gasteiger partial charge is 0.335 e. The lowest BCUT2D eigenvalue weighted by Crippen LogP contribution is -2.33. The molecule has 6 nitrogen and oxygen atoms in total. The summed E-state index contributed by atoms with van der Waals surface area (Å²) in [6.07, 6.45) is 1.38. The van der Waals surface area contributed by atoms with E-state index in [-0.39, 0.29) is 16.4 Å². The second-order valence-corrected chi connectivity index (χ2v) is 4.18. The highest BCUT2D eigenvalue weighted by molar-refractivity contribution is 7.80. The van der Waals surface area contributed by atoms with Gasteiger partial charge in [0.25, 0.3) is 5.91 Å². The second kappa shape index (κ2) is 5.98. The highest BCUT2D eigenvalue weighted by atomic mass is 32.1. The molecular formula is C13H10N2O4S. The lowest BCUT2D eigenvalue weighted by molar-refractivity contribution is 0.0696. The fourth-order valence-electron chi connectivity index (χ4n) is 1.46. The molecule has 0 bridgehead atoms. The zero-order valence-corrected chi connectivity index (χ0v) is 10.9. The molecule has 0 unspecified atom stereocenters. The number of carbonyl (C=O) groups excluding carboxylic acids is 1. The number of hydrogen-bond acceptors (Lipinski definition) is 4. The number of amides is 1. The third-order valence-corrected chi connectivity index (χ3v) is 2.54. The van der Waals surface area contributed by atoms with Gasteiger partial charge in [0, 0.05) is 5.69 Å². The van der Waals surface area contributed by atoms with Crippen LogP contribution in [0.15, 0.2) is 47.1 Å². The molecule has 1 heterocycles. The summed E-state index contributed by atoms with van der Waals surface area (Å²) in [5.74, 6) is -1.39. The lowest BCUT2D eigenvalue weighted by Gasteiger charge is -2.08. The Bertz CT molecular complexity index is 652. The van der Waals surface area contributed by atoms with E-state index in [0.29, 0.717) is 5.69 Å². The van der Waals surface area contributed by atoms with Crippen LogP contribution < -0.4 is 10.6 Å². The molecule has 2 aromatic rings. The van der Waals surface area contributed by atoms with Gasteiger partial charge < -0.3 is 14.8 Å². The maximum atomic E-state index is 11.7. The molecule has 3 N–H and O–H groups in total. The summed E-state index contributed by atoms with van der Waals surface area (Å²) in [7, 11) is 0. The zero-order valence-electron chi connectivity index (χ0n) is 10.1. The molecule has 1 aromatic carbocycles. The summed E-state index contributed by atoms with van der Waals surface area (Å²) in [6, 6.07) is 9.16. The lowest BCUT2D eigenvalue weighted by atomic mass is 10.2. The number of thiocarbonyl (C=S) groups is 1. The van der Waals surface area contributed by atoms with Crippen molar-refractivity contribution in [3.05, 3.63) is 54.0 Å². The first-order chi connectivity index (χ1) is 9.56. The number of carboxylic acid groups (broad SMARTS) is 1. The van der Waals surface area contributed by atoms with E-state index in [1.165, 1.54) is 24.5 Å². The van der Waals surface area contributed by atoms with Gasteiger partial charge in [-0.15, -0.1) is 0 Å². The average molecular weight is 290 g/mol. The summed E-state index contributed by atoms with van der Waals surface area (Å²) < 4.78 is 4.92. The van der Waals surface area contributed by atoms with Gasteiger partial charge in [0.1, 0.15) is 0 Å². The highest BCUT2D eigenvalue weighted by Crippen LogP contribution is 2.10. The van der Waals surface area contributed by atoms with E-state index < -0.39 is 11.9 Å². The first-order valence-corrected chi connectivity index (χ1v) is 5.96. The fraction of sp³-hybridized carbons (Fsp3) is 0. The monoisotopic (exact) mass is 290 g/mol. The maximum Gasteiger partial charge on any atom is 0.335 e. The van der Waals surface area contributed by atoms with E-state index in [4.69, 9.17) is 21.7 Å². The van der Waals surface area contributed by atoms with E-state index in [1.54, 1.807) is 18.2 Å². The Morgan fingerprint density at radius 1 is 1.20 bits per heavy atom. The predicted octanol–water partition coefficient (Wildman–Crippen LogP) is 2.10. The van der Waals surface area contributed by atoms with Crippen LogP contribution in [-0.2, 0) is 0 Å². The van der Waals surface area contributed by atoms with Crippen LogP contribution in [0.2, 0.25) is 0 Å². The Hall–Kier alpha value is -2.67. The normalized spacial score (nSPS) is 9.80. The molecule has 0 aliphatic rings. The molecule has 0 saturated heterocycles. The number of rotatable bonds is 3. The van der Waals surface area contributed by atoms with Crippen molar-refractivity contribution in [1.29, 1.82) is 0 Å². The van der Waals surface area contributed by atoms with Gasteiger partial charge in [-0.25, -0.2) is 4.79 Å². The van der Waals surface area contributed by atoms with Crippen molar-refractivity contribution in [2.75, 3.05) is 5.32 Å². The number of nitrogens with one attached hydrogen (secondary N) is 2. The van der Waals surface area contributed by atoms with E-state index >= 15 is 0 Å². The summed E-state index contributed by atoms with van der Waals surface area (Å²) in [5.41, 5.74) is 0.588. The summed E-state index contributed by atoms with van der Waals surface area (Å²) in [6.45, 7) is 0. The minimum Gasteiger partial charge on any atom is -0.478 e. The molecule has 0 saturated carbocycles. The molecule has 7 heteroatoms. The molecule has 1 aromatic heterocycles. The summed E-state index contributed by atoms with van der Waals surface area (Å²) >= 11 is 4.96. The van der Waals surface area contributed by atoms with Gasteiger partial charge in [0.05, 0.1) is 11.8 Å². The molecule has 102 valence electrons. The van der Waals surface area contributed by atoms with Crippen LogP contribution in [0.5, 0.6) is 0 Å². The topological polar surface area (TPSA) is 91.6 Å². The molecule has 0 aliphatic carbocycles. The first kappa shape index (κ1) is 13.8. The number of furan rings is 1. The quantitative estimate of drug-likeness (QED) is 0.750. The molecule has 0 aliphatic heterocycles. The van der Waals surface area contributed by atoms with E-state index in [9.17, 15) is 9.59 Å². The Balaban J connectivity index is 1.99. The number of aromatic carboxylic acids is 1. The van der Waals surface area contributed by atoms with Crippen molar-refractivity contribution in [1.82, 2.24) is 5.32 Å². The van der Waals surface area contributed by atoms with Gasteiger partial charge in [0.15, 0.2) is 10.9 Å². The molecule has 0 radical (unpaired) electrons. The molecule has 0 spiro atoms. The number of carboxylic acids is 1. The SMILES string of the molecule is O=C(O)c1cccc(NC(=S)NC(=O)c2ccco2)c1. The van der Waals surface area contributed by atoms with Gasteiger partial charge in [-0.3, -0.25) is 10.1 Å². The average Bonchev–Trinajstić information content (AvgIpc) is 2.92. The Labute approximate surface area is 119 Å². The standard InChI is InChI=1S/C13H10N2O4S/c16-11(10-5-2-6-19-10)15-13(20)14-9-4-1-3-8(7-9)12(17)18/h1-7H,(H,17,18)(H2,14,15,16,20). The van der Waals surface area contributed by atoms with Crippen molar-refractivity contribution < 1.29 is 19.1 Å². The Kier molecular flexibility index (Phi) is 4.11. The molecule has 0 atom stereocenters. The first-order valence-electron chi connectivity index (χ1n) is 5.55. The van der Waals surface area contributed by atoms with Gasteiger partial charge in [-0.1, -0.05) is 6.07 Å². The van der Waals surface area contributed by atoms with E-state index in [0.717, 1.165) is 0 Å². The van der Waals surface area contributed by atoms with Crippen molar-refractivity contribution >= 4 is 34.9 Å². The zero-order chi connectivity index (χ0) is 14.5. The van der Waals surface area contributed by atoms with Crippen LogP contribution in [0.4, 0.5) is 5.69 Å². The van der Waals surface area contributed by atoms with Crippen LogP contribution in [0.3, 0.4) is 0 Å². The van der Waals surface area contributed by atoms with Crippen LogP contribution in [0, 0.1) is 0 Å². The van der Waals surface area contributed by atoms with Crippen molar-refractivity contribution in [2.45, 2.75) is 0 Å². The molecule has 20 heavy (non-hydrogen) atoms. The van der Waals surface area contributed by atoms with Crippen molar-refractivity contribution in [3.63, 3.8) is 0 Å². The third kappa shape index (κ3) is 3.42. The number of carbonyl (C=O) groups is 2. The molecule has 1 amide bonds. The Morgan fingerprint density at radius 2 is 2.00 bits per heavy atom. The minimum absolute atomic E-state index is 0.0499. The second-order valence-electron chi connectivity index (χ2n) is 3.77. The number of anilines is 1. The highest BCUT2D eigenvalue weighted by Gasteiger charge is 2.10. The predicted molar refractivity (Wildman–Crippen MR) is 75.8 cm³/mol. The van der Waals surface area contributed by atoms with Gasteiger partial charge >= 0.3 is 5.97 Å². The van der Waals surface area contributed by atoms with Crippen molar-refractivity contribution in [3.8, 4) is 0 Å². The Morgan fingerprint density at radius 3 is 2.65 bits per heavy atom. The minimum atomic E-state index is -1.04. The molecule has 2 rings (SSSR count). The van der Waals surface area contributed by atoms with Gasteiger partial charge in [0.2, 0.25) is 0 Å². The van der Waals surface area contributed by atoms with Crippen LogP contribution >= 0.6 is 12.2 Å². The van der Waals surface area contributed by atoms with Gasteiger partial charge in [-0.2, -0.15) is 0 Å². The summed E-state index contributed by atoms with van der Waals surface area (Å²) in [5, 5.41) is 14.1. The van der Waals surface area contributed by atoms with Gasteiger partial charge in [-0.05, 0) is 42.5 Å². The third-order valence-electron chi connectivity index (χ3n) is 2.34. The summed E-state index contributed by atoms with van der Waals surface area (Å²) in [4.78, 5) is 22.5. The van der Waals surface area contributed by atoms with Crippen LogP contribution in [0.1, 0.15) is 20.9 Å². The fourth-order valence-corrected chi connectivity index (χ4v) is 1.68.